The van der Waals surface area contributed by atoms with E-state index in [-0.39, 0.29) is 11.9 Å². The Morgan fingerprint density at radius 1 is 1.39 bits per heavy atom. The van der Waals surface area contributed by atoms with Gasteiger partial charge in [-0.15, -0.1) is 11.8 Å². The highest BCUT2D eigenvalue weighted by Crippen LogP contribution is 2.25. The highest BCUT2D eigenvalue weighted by atomic mass is 35.5. The van der Waals surface area contributed by atoms with Crippen molar-refractivity contribution in [3.05, 3.63) is 51.8 Å². The molecule has 0 aliphatic carbocycles. The van der Waals surface area contributed by atoms with E-state index in [4.69, 9.17) is 11.6 Å². The molecule has 0 saturated carbocycles. The van der Waals surface area contributed by atoms with Crippen molar-refractivity contribution >= 4 is 29.3 Å². The van der Waals surface area contributed by atoms with Gasteiger partial charge in [0.05, 0.1) is 17.5 Å². The number of rotatable bonds is 6. The van der Waals surface area contributed by atoms with E-state index in [1.54, 1.807) is 16.7 Å². The van der Waals surface area contributed by atoms with Gasteiger partial charge >= 0.3 is 0 Å². The van der Waals surface area contributed by atoms with Crippen LogP contribution in [0.15, 0.2) is 24.3 Å². The van der Waals surface area contributed by atoms with Crippen molar-refractivity contribution in [1.82, 2.24) is 15.1 Å². The number of hydrogen-bond acceptors (Lipinski definition) is 3. The van der Waals surface area contributed by atoms with E-state index in [1.807, 2.05) is 52.1 Å². The summed E-state index contributed by atoms with van der Waals surface area (Å²) in [5, 5.41) is 7.93. The quantitative estimate of drug-likeness (QED) is 0.851. The number of carbonyl (C=O) groups excluding carboxylic acids is 1. The zero-order valence-corrected chi connectivity index (χ0v) is 15.5. The summed E-state index contributed by atoms with van der Waals surface area (Å²) in [5.41, 5.74) is 4.11. The Labute approximate surface area is 146 Å². The number of aromatic nitrogens is 2. The van der Waals surface area contributed by atoms with Gasteiger partial charge in [-0.25, -0.2) is 0 Å². The molecule has 0 radical (unpaired) electrons. The van der Waals surface area contributed by atoms with Gasteiger partial charge in [0.2, 0.25) is 5.91 Å². The van der Waals surface area contributed by atoms with Gasteiger partial charge in [0.25, 0.3) is 0 Å². The smallest absolute Gasteiger partial charge is 0.232 e. The van der Waals surface area contributed by atoms with Crippen LogP contribution in [0, 0.1) is 13.8 Å². The average Bonchev–Trinajstić information content (AvgIpc) is 2.86. The Morgan fingerprint density at radius 2 is 2.09 bits per heavy atom. The molecule has 124 valence electrons. The van der Waals surface area contributed by atoms with Crippen molar-refractivity contribution in [1.29, 1.82) is 0 Å². The fraction of sp³-hybridized carbons (Fsp3) is 0.412. The number of hydrogen-bond donors (Lipinski definition) is 1. The minimum atomic E-state index is 0.00200. The molecule has 0 aliphatic heterocycles. The standard InChI is InChI=1S/C17H22ClN3OS/c1-11-17(12(2)20-19-11)13(3)21(4)16(22)10-23-9-14-7-5-6-8-15(14)18/h5-8,13H,9-10H2,1-4H3,(H,19,20). The molecule has 1 unspecified atom stereocenters. The summed E-state index contributed by atoms with van der Waals surface area (Å²) in [4.78, 5) is 14.2. The first-order chi connectivity index (χ1) is 10.9. The van der Waals surface area contributed by atoms with Crippen LogP contribution in [0.25, 0.3) is 0 Å². The molecule has 1 amide bonds. The van der Waals surface area contributed by atoms with Crippen molar-refractivity contribution < 1.29 is 4.79 Å². The molecule has 2 rings (SSSR count). The van der Waals surface area contributed by atoms with Crippen LogP contribution in [0.3, 0.4) is 0 Å². The highest BCUT2D eigenvalue weighted by Gasteiger charge is 2.22. The zero-order chi connectivity index (χ0) is 17.0. The number of aromatic amines is 1. The van der Waals surface area contributed by atoms with E-state index in [9.17, 15) is 4.79 Å². The Morgan fingerprint density at radius 3 is 2.70 bits per heavy atom. The second kappa shape index (κ2) is 7.88. The second-order valence-electron chi connectivity index (χ2n) is 5.61. The van der Waals surface area contributed by atoms with Gasteiger partial charge in [-0.05, 0) is 32.4 Å². The van der Waals surface area contributed by atoms with Gasteiger partial charge in [-0.2, -0.15) is 5.10 Å². The number of benzene rings is 1. The van der Waals surface area contributed by atoms with Gasteiger partial charge < -0.3 is 4.90 Å². The van der Waals surface area contributed by atoms with Crippen molar-refractivity contribution in [2.75, 3.05) is 12.8 Å². The number of aryl methyl sites for hydroxylation is 2. The van der Waals surface area contributed by atoms with Gasteiger partial charge in [0, 0.05) is 29.1 Å². The summed E-state index contributed by atoms with van der Waals surface area (Å²) in [5.74, 6) is 1.27. The molecule has 0 fully saturated rings. The molecule has 0 bridgehead atoms. The van der Waals surface area contributed by atoms with E-state index in [0.29, 0.717) is 5.75 Å². The summed E-state index contributed by atoms with van der Waals surface area (Å²) in [6.07, 6.45) is 0. The van der Waals surface area contributed by atoms with E-state index in [1.165, 1.54) is 0 Å². The monoisotopic (exact) mass is 351 g/mol. The van der Waals surface area contributed by atoms with E-state index >= 15 is 0 Å². The lowest BCUT2D eigenvalue weighted by Crippen LogP contribution is -2.31. The molecule has 2 aromatic rings. The van der Waals surface area contributed by atoms with Crippen molar-refractivity contribution in [2.45, 2.75) is 32.6 Å². The molecule has 4 nitrogen and oxygen atoms in total. The van der Waals surface area contributed by atoms with Gasteiger partial charge in [0.15, 0.2) is 0 Å². The lowest BCUT2D eigenvalue weighted by Gasteiger charge is -2.25. The third kappa shape index (κ3) is 4.30. The van der Waals surface area contributed by atoms with Crippen molar-refractivity contribution in [3.63, 3.8) is 0 Å². The predicted molar refractivity (Wildman–Crippen MR) is 96.9 cm³/mol. The lowest BCUT2D eigenvalue weighted by molar-refractivity contribution is -0.128. The van der Waals surface area contributed by atoms with Crippen LogP contribution >= 0.6 is 23.4 Å². The Hall–Kier alpha value is -1.46. The maximum absolute atomic E-state index is 12.4. The van der Waals surface area contributed by atoms with Gasteiger partial charge in [-0.1, -0.05) is 29.8 Å². The molecule has 6 heteroatoms. The Balaban J connectivity index is 1.91. The van der Waals surface area contributed by atoms with Crippen LogP contribution in [0.1, 0.15) is 35.5 Å². The largest absolute Gasteiger partial charge is 0.338 e. The normalized spacial score (nSPS) is 12.2. The second-order valence-corrected chi connectivity index (χ2v) is 7.01. The number of nitrogens with zero attached hydrogens (tertiary/aromatic N) is 2. The van der Waals surface area contributed by atoms with Crippen LogP contribution in [0.5, 0.6) is 0 Å². The number of nitrogens with one attached hydrogen (secondary N) is 1. The molecular formula is C17H22ClN3OS. The first-order valence-electron chi connectivity index (χ1n) is 7.50. The maximum atomic E-state index is 12.4. The molecule has 1 aromatic carbocycles. The number of halogens is 1. The van der Waals surface area contributed by atoms with E-state index < -0.39 is 0 Å². The van der Waals surface area contributed by atoms with Crippen LogP contribution in [-0.4, -0.2) is 33.8 Å². The Kier molecular flexibility index (Phi) is 6.13. The van der Waals surface area contributed by atoms with E-state index in [2.05, 4.69) is 10.2 Å². The molecule has 1 aromatic heterocycles. The summed E-state index contributed by atoms with van der Waals surface area (Å²) in [6.45, 7) is 5.97. The predicted octanol–water partition coefficient (Wildman–Crippen LogP) is 4.13. The fourth-order valence-electron chi connectivity index (χ4n) is 2.55. The van der Waals surface area contributed by atoms with Crippen LogP contribution in [0.4, 0.5) is 0 Å². The zero-order valence-electron chi connectivity index (χ0n) is 13.9. The third-order valence-corrected chi connectivity index (χ3v) is 5.35. The maximum Gasteiger partial charge on any atom is 0.232 e. The molecule has 1 atom stereocenters. The SMILES string of the molecule is Cc1n[nH]c(C)c1C(C)N(C)C(=O)CSCc1ccccc1Cl. The summed E-state index contributed by atoms with van der Waals surface area (Å²) >= 11 is 7.72. The number of amides is 1. The summed E-state index contributed by atoms with van der Waals surface area (Å²) in [6, 6.07) is 7.74. The van der Waals surface area contributed by atoms with Crippen molar-refractivity contribution in [2.24, 2.45) is 0 Å². The molecule has 0 spiro atoms. The third-order valence-electron chi connectivity index (χ3n) is 4.02. The van der Waals surface area contributed by atoms with Crippen LogP contribution in [0.2, 0.25) is 5.02 Å². The molecule has 23 heavy (non-hydrogen) atoms. The number of H-pyrrole nitrogens is 1. The first kappa shape index (κ1) is 17.9. The first-order valence-corrected chi connectivity index (χ1v) is 9.03. The van der Waals surface area contributed by atoms with Gasteiger partial charge in [0.1, 0.15) is 0 Å². The summed E-state index contributed by atoms with van der Waals surface area (Å²) < 4.78 is 0. The molecule has 0 aliphatic rings. The minimum Gasteiger partial charge on any atom is -0.338 e. The fourth-order valence-corrected chi connectivity index (χ4v) is 3.78. The van der Waals surface area contributed by atoms with Crippen LogP contribution in [-0.2, 0) is 10.5 Å². The van der Waals surface area contributed by atoms with Crippen LogP contribution < -0.4 is 0 Å². The number of thioether (sulfide) groups is 1. The Bertz CT molecular complexity index is 667. The highest BCUT2D eigenvalue weighted by molar-refractivity contribution is 7.99. The van der Waals surface area contributed by atoms with Gasteiger partial charge in [-0.3, -0.25) is 9.89 Å². The molecule has 1 heterocycles. The summed E-state index contributed by atoms with van der Waals surface area (Å²) in [7, 11) is 1.84. The topological polar surface area (TPSA) is 49.0 Å². The van der Waals surface area contributed by atoms with Crippen molar-refractivity contribution in [3.8, 4) is 0 Å². The average molecular weight is 352 g/mol. The molecule has 0 saturated heterocycles. The molecule has 1 N–H and O–H groups in total. The van der Waals surface area contributed by atoms with E-state index in [0.717, 1.165) is 33.3 Å². The number of carbonyl (C=O) groups is 1. The lowest BCUT2D eigenvalue weighted by atomic mass is 10.1. The minimum absolute atomic E-state index is 0.00200. The molecular weight excluding hydrogens is 330 g/mol.